The average molecular weight is 314 g/mol. The second-order valence-electron chi connectivity index (χ2n) is 4.89. The van der Waals surface area contributed by atoms with E-state index in [4.69, 9.17) is 4.98 Å². The van der Waals surface area contributed by atoms with E-state index in [0.717, 1.165) is 26.9 Å². The highest BCUT2D eigenvalue weighted by Gasteiger charge is 2.29. The predicted molar refractivity (Wildman–Crippen MR) is 78.9 cm³/mol. The Kier molecular flexibility index (Phi) is 2.45. The maximum atomic E-state index is 4.78. The summed E-state index contributed by atoms with van der Waals surface area (Å²) in [6, 6.07) is 10.9. The maximum Gasteiger partial charge on any atom is 0.141 e. The van der Waals surface area contributed by atoms with Crippen molar-refractivity contribution in [2.24, 2.45) is 0 Å². The second-order valence-corrected chi connectivity index (χ2v) is 5.75. The lowest BCUT2D eigenvalue weighted by Gasteiger charge is -2.08. The molecular weight excluding hydrogens is 302 g/mol. The minimum absolute atomic E-state index is 0.582. The van der Waals surface area contributed by atoms with E-state index in [2.05, 4.69) is 49.7 Å². The van der Waals surface area contributed by atoms with Crippen LogP contribution in [-0.2, 0) is 0 Å². The third-order valence-electron chi connectivity index (χ3n) is 3.49. The van der Waals surface area contributed by atoms with Gasteiger partial charge in [0.1, 0.15) is 11.3 Å². The first-order valence-electron chi connectivity index (χ1n) is 6.41. The van der Waals surface area contributed by atoms with E-state index in [1.807, 2.05) is 18.5 Å². The topological polar surface area (TPSA) is 30.7 Å². The van der Waals surface area contributed by atoms with Crippen LogP contribution in [0.25, 0.3) is 22.4 Å². The van der Waals surface area contributed by atoms with Gasteiger partial charge in [0.05, 0.1) is 16.2 Å². The predicted octanol–water partition coefficient (Wildman–Crippen LogP) is 4.20. The number of halogens is 1. The molecule has 0 amide bonds. The molecule has 2 heterocycles. The number of imidazole rings is 1. The standard InChI is InChI=1S/C15H12BrN3/c16-12-8-17-9-13-14(12)19(11-6-7-11)15(18-13)10-4-2-1-3-5-10/h1-5,8-9,11H,6-7H2. The highest BCUT2D eigenvalue weighted by atomic mass is 79.9. The molecule has 0 saturated heterocycles. The zero-order valence-electron chi connectivity index (χ0n) is 10.3. The van der Waals surface area contributed by atoms with Gasteiger partial charge in [-0.1, -0.05) is 30.3 Å². The number of rotatable bonds is 2. The lowest BCUT2D eigenvalue weighted by atomic mass is 10.2. The van der Waals surface area contributed by atoms with Crippen LogP contribution in [0.3, 0.4) is 0 Å². The fourth-order valence-electron chi connectivity index (χ4n) is 2.49. The molecule has 3 aromatic rings. The third kappa shape index (κ3) is 1.78. The van der Waals surface area contributed by atoms with Crippen molar-refractivity contribution in [2.45, 2.75) is 18.9 Å². The summed E-state index contributed by atoms with van der Waals surface area (Å²) < 4.78 is 3.38. The van der Waals surface area contributed by atoms with Crippen LogP contribution in [0, 0.1) is 0 Å². The normalized spacial score (nSPS) is 15.0. The molecule has 1 saturated carbocycles. The number of pyridine rings is 1. The van der Waals surface area contributed by atoms with Crippen LogP contribution in [0.1, 0.15) is 18.9 Å². The molecule has 0 bridgehead atoms. The molecule has 1 fully saturated rings. The molecular formula is C15H12BrN3. The minimum atomic E-state index is 0.582. The van der Waals surface area contributed by atoms with E-state index in [-0.39, 0.29) is 0 Å². The summed E-state index contributed by atoms with van der Waals surface area (Å²) in [5.41, 5.74) is 3.29. The van der Waals surface area contributed by atoms with E-state index >= 15 is 0 Å². The first kappa shape index (κ1) is 11.2. The van der Waals surface area contributed by atoms with Crippen LogP contribution in [0.2, 0.25) is 0 Å². The van der Waals surface area contributed by atoms with Crippen LogP contribution in [0.5, 0.6) is 0 Å². The molecule has 0 atom stereocenters. The molecule has 0 aliphatic heterocycles. The van der Waals surface area contributed by atoms with Crippen molar-refractivity contribution in [2.75, 3.05) is 0 Å². The summed E-state index contributed by atoms with van der Waals surface area (Å²) >= 11 is 3.61. The molecule has 2 aromatic heterocycles. The van der Waals surface area contributed by atoms with Crippen molar-refractivity contribution >= 4 is 27.0 Å². The first-order valence-corrected chi connectivity index (χ1v) is 7.21. The summed E-state index contributed by atoms with van der Waals surface area (Å²) in [6.45, 7) is 0. The fraction of sp³-hybridized carbons (Fsp3) is 0.200. The van der Waals surface area contributed by atoms with Crippen LogP contribution < -0.4 is 0 Å². The Bertz CT molecular complexity index is 745. The molecule has 4 rings (SSSR count). The molecule has 3 nitrogen and oxygen atoms in total. The van der Waals surface area contributed by atoms with Crippen molar-refractivity contribution < 1.29 is 0 Å². The van der Waals surface area contributed by atoms with Gasteiger partial charge in [-0.15, -0.1) is 0 Å². The van der Waals surface area contributed by atoms with Crippen molar-refractivity contribution in [3.8, 4) is 11.4 Å². The zero-order chi connectivity index (χ0) is 12.8. The number of fused-ring (bicyclic) bond motifs is 1. The van der Waals surface area contributed by atoms with Gasteiger partial charge in [-0.05, 0) is 28.8 Å². The molecule has 1 aromatic carbocycles. The number of nitrogens with zero attached hydrogens (tertiary/aromatic N) is 3. The summed E-state index contributed by atoms with van der Waals surface area (Å²) in [7, 11) is 0. The quantitative estimate of drug-likeness (QED) is 0.710. The van der Waals surface area contributed by atoms with E-state index in [9.17, 15) is 0 Å². The van der Waals surface area contributed by atoms with Gasteiger partial charge in [0.15, 0.2) is 0 Å². The number of hydrogen-bond donors (Lipinski definition) is 0. The lowest BCUT2D eigenvalue weighted by Crippen LogP contribution is -1.97. The van der Waals surface area contributed by atoms with Gasteiger partial charge in [-0.3, -0.25) is 4.98 Å². The third-order valence-corrected chi connectivity index (χ3v) is 4.07. The second kappa shape index (κ2) is 4.17. The number of benzene rings is 1. The first-order chi connectivity index (χ1) is 9.34. The monoisotopic (exact) mass is 313 g/mol. The number of aromatic nitrogens is 3. The Balaban J connectivity index is 2.05. The van der Waals surface area contributed by atoms with Crippen molar-refractivity contribution in [3.63, 3.8) is 0 Å². The molecule has 0 radical (unpaired) electrons. The van der Waals surface area contributed by atoms with Crippen LogP contribution in [0.4, 0.5) is 0 Å². The van der Waals surface area contributed by atoms with Gasteiger partial charge in [0.2, 0.25) is 0 Å². The molecule has 19 heavy (non-hydrogen) atoms. The molecule has 1 aliphatic carbocycles. The molecule has 94 valence electrons. The van der Waals surface area contributed by atoms with Crippen LogP contribution in [-0.4, -0.2) is 14.5 Å². The maximum absolute atomic E-state index is 4.78. The van der Waals surface area contributed by atoms with Gasteiger partial charge < -0.3 is 4.57 Å². The van der Waals surface area contributed by atoms with E-state index in [0.29, 0.717) is 6.04 Å². The van der Waals surface area contributed by atoms with E-state index in [1.165, 1.54) is 12.8 Å². The highest BCUT2D eigenvalue weighted by Crippen LogP contribution is 2.42. The van der Waals surface area contributed by atoms with Gasteiger partial charge in [-0.25, -0.2) is 4.98 Å². The zero-order valence-corrected chi connectivity index (χ0v) is 11.8. The Labute approximate surface area is 119 Å². The molecule has 0 N–H and O–H groups in total. The van der Waals surface area contributed by atoms with Crippen molar-refractivity contribution in [3.05, 3.63) is 47.2 Å². The Morgan fingerprint density at radius 1 is 1.11 bits per heavy atom. The summed E-state index contributed by atoms with van der Waals surface area (Å²) in [5.74, 6) is 1.05. The molecule has 1 aliphatic rings. The van der Waals surface area contributed by atoms with E-state index in [1.54, 1.807) is 0 Å². The highest BCUT2D eigenvalue weighted by molar-refractivity contribution is 9.10. The van der Waals surface area contributed by atoms with Crippen molar-refractivity contribution in [1.82, 2.24) is 14.5 Å². The Hall–Kier alpha value is -1.68. The number of hydrogen-bond acceptors (Lipinski definition) is 2. The van der Waals surface area contributed by atoms with Gasteiger partial charge in [0.25, 0.3) is 0 Å². The van der Waals surface area contributed by atoms with Crippen LogP contribution in [0.15, 0.2) is 47.2 Å². The SMILES string of the molecule is Brc1cncc2nc(-c3ccccc3)n(C3CC3)c12. The fourth-order valence-corrected chi connectivity index (χ4v) is 3.00. The van der Waals surface area contributed by atoms with Gasteiger partial charge in [-0.2, -0.15) is 0 Å². The van der Waals surface area contributed by atoms with Crippen LogP contribution >= 0.6 is 15.9 Å². The van der Waals surface area contributed by atoms with Gasteiger partial charge >= 0.3 is 0 Å². The lowest BCUT2D eigenvalue weighted by molar-refractivity contribution is 0.774. The molecule has 4 heteroatoms. The summed E-state index contributed by atoms with van der Waals surface area (Å²) in [4.78, 5) is 8.99. The van der Waals surface area contributed by atoms with Crippen molar-refractivity contribution in [1.29, 1.82) is 0 Å². The Morgan fingerprint density at radius 3 is 2.63 bits per heavy atom. The molecule has 0 unspecified atom stereocenters. The summed E-state index contributed by atoms with van der Waals surface area (Å²) in [6.07, 6.45) is 6.16. The molecule has 0 spiro atoms. The largest absolute Gasteiger partial charge is 0.320 e. The summed E-state index contributed by atoms with van der Waals surface area (Å²) in [5, 5.41) is 0. The Morgan fingerprint density at radius 2 is 1.89 bits per heavy atom. The minimum Gasteiger partial charge on any atom is -0.320 e. The van der Waals surface area contributed by atoms with Gasteiger partial charge in [0, 0.05) is 17.8 Å². The smallest absolute Gasteiger partial charge is 0.141 e. The van der Waals surface area contributed by atoms with E-state index < -0.39 is 0 Å². The average Bonchev–Trinajstić information content (AvgIpc) is 3.20.